The monoisotopic (exact) mass is 286 g/mol. The van der Waals surface area contributed by atoms with Crippen LogP contribution in [0.15, 0.2) is 0 Å². The van der Waals surface area contributed by atoms with E-state index in [1.54, 1.807) is 12.0 Å². The van der Waals surface area contributed by atoms with Crippen molar-refractivity contribution in [3.63, 3.8) is 0 Å². The Morgan fingerprint density at radius 3 is 2.60 bits per heavy atom. The predicted molar refractivity (Wildman–Crippen MR) is 75.6 cm³/mol. The SMILES string of the molecule is COCCN(CC(C)C)C(=O)NC1CCC(C(=O)O)C1. The van der Waals surface area contributed by atoms with E-state index in [0.29, 0.717) is 38.5 Å². The minimum absolute atomic E-state index is 0.0270. The van der Waals surface area contributed by atoms with Crippen LogP contribution in [0.5, 0.6) is 0 Å². The summed E-state index contributed by atoms with van der Waals surface area (Å²) < 4.78 is 5.02. The van der Waals surface area contributed by atoms with Crippen molar-refractivity contribution in [2.45, 2.75) is 39.2 Å². The fourth-order valence-electron chi connectivity index (χ4n) is 2.52. The molecule has 6 heteroatoms. The molecule has 0 aromatic heterocycles. The van der Waals surface area contributed by atoms with Gasteiger partial charge in [-0.1, -0.05) is 13.8 Å². The number of carboxylic acids is 1. The van der Waals surface area contributed by atoms with E-state index in [1.807, 2.05) is 0 Å². The summed E-state index contributed by atoms with van der Waals surface area (Å²) in [6.07, 6.45) is 1.91. The van der Waals surface area contributed by atoms with E-state index >= 15 is 0 Å². The Hall–Kier alpha value is -1.30. The number of nitrogens with one attached hydrogen (secondary N) is 1. The van der Waals surface area contributed by atoms with Crippen molar-refractivity contribution in [1.82, 2.24) is 10.2 Å². The maximum absolute atomic E-state index is 12.2. The number of methoxy groups -OCH3 is 1. The molecule has 2 amide bonds. The predicted octanol–water partition coefficient (Wildman–Crippen LogP) is 1.55. The van der Waals surface area contributed by atoms with Crippen LogP contribution < -0.4 is 5.32 Å². The first-order valence-corrected chi connectivity index (χ1v) is 7.21. The Kier molecular flexibility index (Phi) is 6.78. The summed E-state index contributed by atoms with van der Waals surface area (Å²) in [5, 5.41) is 11.9. The van der Waals surface area contributed by atoms with Crippen molar-refractivity contribution in [3.05, 3.63) is 0 Å². The van der Waals surface area contributed by atoms with Crippen molar-refractivity contribution >= 4 is 12.0 Å². The number of carboxylic acid groups (broad SMARTS) is 1. The van der Waals surface area contributed by atoms with Crippen LogP contribution in [-0.2, 0) is 9.53 Å². The van der Waals surface area contributed by atoms with Gasteiger partial charge in [-0.05, 0) is 25.2 Å². The molecule has 2 unspecified atom stereocenters. The number of rotatable bonds is 7. The summed E-state index contributed by atoms with van der Waals surface area (Å²) in [5.41, 5.74) is 0. The van der Waals surface area contributed by atoms with Gasteiger partial charge in [-0.2, -0.15) is 0 Å². The van der Waals surface area contributed by atoms with Crippen LogP contribution >= 0.6 is 0 Å². The van der Waals surface area contributed by atoms with Gasteiger partial charge in [0.2, 0.25) is 0 Å². The van der Waals surface area contributed by atoms with Crippen LogP contribution in [0.1, 0.15) is 33.1 Å². The number of carbonyl (C=O) groups is 2. The van der Waals surface area contributed by atoms with E-state index < -0.39 is 5.97 Å². The normalized spacial score (nSPS) is 22.0. The molecular formula is C14H26N2O4. The number of ether oxygens (including phenoxy) is 1. The Morgan fingerprint density at radius 2 is 2.10 bits per heavy atom. The van der Waals surface area contributed by atoms with Crippen LogP contribution in [0.25, 0.3) is 0 Å². The van der Waals surface area contributed by atoms with E-state index in [0.717, 1.165) is 6.42 Å². The topological polar surface area (TPSA) is 78.9 Å². The lowest BCUT2D eigenvalue weighted by atomic mass is 10.1. The lowest BCUT2D eigenvalue weighted by Crippen LogP contribution is -2.46. The number of nitrogens with zero attached hydrogens (tertiary/aromatic N) is 1. The third-order valence-electron chi connectivity index (χ3n) is 3.55. The molecule has 0 radical (unpaired) electrons. The van der Waals surface area contributed by atoms with Gasteiger partial charge in [-0.15, -0.1) is 0 Å². The summed E-state index contributed by atoms with van der Waals surface area (Å²) >= 11 is 0. The number of carbonyl (C=O) groups excluding carboxylic acids is 1. The van der Waals surface area contributed by atoms with E-state index in [9.17, 15) is 9.59 Å². The number of urea groups is 1. The molecule has 6 nitrogen and oxygen atoms in total. The highest BCUT2D eigenvalue weighted by Crippen LogP contribution is 2.25. The molecule has 0 aromatic carbocycles. The first-order chi connectivity index (χ1) is 9.43. The number of hydrogen-bond acceptors (Lipinski definition) is 3. The standard InChI is InChI=1S/C14H26N2O4/c1-10(2)9-16(6-7-20-3)14(19)15-12-5-4-11(8-12)13(17)18/h10-12H,4-9H2,1-3H3,(H,15,19)(H,17,18). The largest absolute Gasteiger partial charge is 0.481 e. The fraction of sp³-hybridized carbons (Fsp3) is 0.857. The van der Waals surface area contributed by atoms with Gasteiger partial charge >= 0.3 is 12.0 Å². The lowest BCUT2D eigenvalue weighted by molar-refractivity contribution is -0.141. The second-order valence-electron chi connectivity index (χ2n) is 5.83. The minimum Gasteiger partial charge on any atom is -0.481 e. The second kappa shape index (κ2) is 8.09. The van der Waals surface area contributed by atoms with Gasteiger partial charge in [0.25, 0.3) is 0 Å². The van der Waals surface area contributed by atoms with Crippen molar-refractivity contribution in [2.24, 2.45) is 11.8 Å². The van der Waals surface area contributed by atoms with E-state index in [-0.39, 0.29) is 18.0 Å². The molecule has 1 aliphatic rings. The third kappa shape index (κ3) is 5.36. The maximum Gasteiger partial charge on any atom is 0.317 e. The van der Waals surface area contributed by atoms with Crippen molar-refractivity contribution in [2.75, 3.05) is 26.8 Å². The lowest BCUT2D eigenvalue weighted by Gasteiger charge is -2.26. The molecule has 0 saturated heterocycles. The van der Waals surface area contributed by atoms with Gasteiger partial charge < -0.3 is 20.1 Å². The Morgan fingerprint density at radius 1 is 1.40 bits per heavy atom. The molecule has 1 saturated carbocycles. The number of amides is 2. The summed E-state index contributed by atoms with van der Waals surface area (Å²) in [7, 11) is 1.61. The van der Waals surface area contributed by atoms with E-state index in [1.165, 1.54) is 0 Å². The van der Waals surface area contributed by atoms with Gasteiger partial charge in [0.05, 0.1) is 12.5 Å². The molecule has 0 aromatic rings. The summed E-state index contributed by atoms with van der Waals surface area (Å²) in [6, 6.07) is -0.146. The zero-order chi connectivity index (χ0) is 15.1. The molecule has 1 fully saturated rings. The quantitative estimate of drug-likeness (QED) is 0.744. The molecular weight excluding hydrogens is 260 g/mol. The number of hydrogen-bond donors (Lipinski definition) is 2. The number of aliphatic carboxylic acids is 1. The van der Waals surface area contributed by atoms with Gasteiger partial charge in [-0.3, -0.25) is 4.79 Å². The molecule has 0 bridgehead atoms. The van der Waals surface area contributed by atoms with Crippen LogP contribution in [0.3, 0.4) is 0 Å². The van der Waals surface area contributed by atoms with Crippen LogP contribution in [0.4, 0.5) is 4.79 Å². The zero-order valence-electron chi connectivity index (χ0n) is 12.6. The highest BCUT2D eigenvalue weighted by molar-refractivity contribution is 5.75. The van der Waals surface area contributed by atoms with Gasteiger partial charge in [-0.25, -0.2) is 4.79 Å². The van der Waals surface area contributed by atoms with Crippen LogP contribution in [0.2, 0.25) is 0 Å². The van der Waals surface area contributed by atoms with Crippen molar-refractivity contribution in [1.29, 1.82) is 0 Å². The molecule has 0 heterocycles. The average molecular weight is 286 g/mol. The molecule has 2 N–H and O–H groups in total. The van der Waals surface area contributed by atoms with Crippen LogP contribution in [-0.4, -0.2) is 54.9 Å². The molecule has 2 atom stereocenters. The second-order valence-corrected chi connectivity index (χ2v) is 5.83. The minimum atomic E-state index is -0.764. The smallest absolute Gasteiger partial charge is 0.317 e. The maximum atomic E-state index is 12.2. The zero-order valence-corrected chi connectivity index (χ0v) is 12.6. The van der Waals surface area contributed by atoms with Gasteiger partial charge in [0.1, 0.15) is 0 Å². The first kappa shape index (κ1) is 16.8. The van der Waals surface area contributed by atoms with Gasteiger partial charge in [0, 0.05) is 26.2 Å². The summed E-state index contributed by atoms with van der Waals surface area (Å²) in [4.78, 5) is 24.9. The van der Waals surface area contributed by atoms with E-state index in [2.05, 4.69) is 19.2 Å². The Labute approximate surface area is 120 Å². The average Bonchev–Trinajstić information content (AvgIpc) is 2.82. The van der Waals surface area contributed by atoms with Crippen molar-refractivity contribution < 1.29 is 19.4 Å². The van der Waals surface area contributed by atoms with Gasteiger partial charge in [0.15, 0.2) is 0 Å². The molecule has 0 aliphatic heterocycles. The molecule has 1 aliphatic carbocycles. The molecule has 0 spiro atoms. The Balaban J connectivity index is 2.47. The molecule has 1 rings (SSSR count). The highest BCUT2D eigenvalue weighted by atomic mass is 16.5. The molecule has 116 valence electrons. The van der Waals surface area contributed by atoms with Crippen LogP contribution in [0, 0.1) is 11.8 Å². The summed E-state index contributed by atoms with van der Waals surface area (Å²) in [5.74, 6) is -0.703. The summed E-state index contributed by atoms with van der Waals surface area (Å²) in [6.45, 7) is 5.84. The van der Waals surface area contributed by atoms with E-state index in [4.69, 9.17) is 9.84 Å². The first-order valence-electron chi connectivity index (χ1n) is 7.21. The Bertz CT molecular complexity index is 333. The van der Waals surface area contributed by atoms with Crippen molar-refractivity contribution in [3.8, 4) is 0 Å². The molecule has 20 heavy (non-hydrogen) atoms. The highest BCUT2D eigenvalue weighted by Gasteiger charge is 2.31. The fourth-order valence-corrected chi connectivity index (χ4v) is 2.52. The third-order valence-corrected chi connectivity index (χ3v) is 3.55.